The van der Waals surface area contributed by atoms with Gasteiger partial charge in [-0.2, -0.15) is 8.78 Å². The average molecular weight is 2240 g/mol. The van der Waals surface area contributed by atoms with Gasteiger partial charge >= 0.3 is 109 Å². The molecule has 0 atom stereocenters. The fourth-order valence-corrected chi connectivity index (χ4v) is 12.7. The van der Waals surface area contributed by atoms with Crippen LogP contribution in [0.4, 0.5) is 22.0 Å². The number of carbonyl (C=O) groups is 6. The van der Waals surface area contributed by atoms with Gasteiger partial charge in [-0.25, -0.2) is 18.0 Å². The van der Waals surface area contributed by atoms with Crippen LogP contribution < -0.4 is 143 Å². The van der Waals surface area contributed by atoms with Crippen LogP contribution in [0.1, 0.15) is 229 Å². The van der Waals surface area contributed by atoms with Crippen LogP contribution in [0.25, 0.3) is 5.76 Å². The number of nitrogens with one attached hydrogen (secondary N) is 1. The molecule has 10 rings (SSSR count). The first-order chi connectivity index (χ1) is 62.8. The van der Waals surface area contributed by atoms with Gasteiger partial charge in [0.2, 0.25) is 34.8 Å². The number of benzene rings is 9. The molecule has 0 unspecified atom stereocenters. The number of ketones is 4. The summed E-state index contributed by atoms with van der Waals surface area (Å²) in [5.41, 5.74) is 18.5. The maximum absolute atomic E-state index is 13.5. The summed E-state index contributed by atoms with van der Waals surface area (Å²) in [7, 11) is 0. The fraction of sp³-hybridized carbons (Fsp3) is 0.363. The van der Waals surface area contributed by atoms with Gasteiger partial charge in [-0.05, 0) is 260 Å². The number of esters is 1. The van der Waals surface area contributed by atoms with Crippen molar-refractivity contribution in [3.8, 4) is 28.7 Å². The van der Waals surface area contributed by atoms with Crippen molar-refractivity contribution in [3.63, 3.8) is 0 Å². The van der Waals surface area contributed by atoms with E-state index in [1.807, 2.05) is 144 Å². The molecule has 19 nitrogen and oxygen atoms in total. The van der Waals surface area contributed by atoms with Crippen molar-refractivity contribution in [1.29, 1.82) is 5.41 Å². The van der Waals surface area contributed by atoms with E-state index >= 15 is 0 Å². The molecule has 0 aliphatic carbocycles. The summed E-state index contributed by atoms with van der Waals surface area (Å²) in [6, 6.07) is 51.3. The molecule has 0 spiro atoms. The van der Waals surface area contributed by atoms with E-state index in [0.29, 0.717) is 91.5 Å². The largest absolute Gasteiger partial charge is 1.00 e. The van der Waals surface area contributed by atoms with E-state index in [4.69, 9.17) is 106 Å². The Morgan fingerprint density at radius 2 is 0.772 bits per heavy atom. The number of Topliss-reactive ketones (excluding diaryl/α,β-unsaturated/α-hetero) is 4. The molecule has 0 bridgehead atoms. The molecule has 734 valence electrons. The summed E-state index contributed by atoms with van der Waals surface area (Å²) in [4.78, 5) is 71.8. The van der Waals surface area contributed by atoms with E-state index in [2.05, 4.69) is 107 Å². The van der Waals surface area contributed by atoms with Crippen LogP contribution in [0, 0.1) is 39.9 Å². The normalized spacial score (nSPS) is 10.7. The quantitative estimate of drug-likeness (QED) is 0.00264. The van der Waals surface area contributed by atoms with Gasteiger partial charge in [0.05, 0.1) is 80.2 Å². The van der Waals surface area contributed by atoms with Gasteiger partial charge in [0, 0.05) is 74.7 Å². The Hall–Kier alpha value is -5.96. The zero-order valence-electron chi connectivity index (χ0n) is 80.8. The molecule has 1 aliphatic heterocycles. The van der Waals surface area contributed by atoms with E-state index in [-0.39, 0.29) is 198 Å². The third-order valence-electron chi connectivity index (χ3n) is 17.7. The zero-order valence-corrected chi connectivity index (χ0v) is 94.7. The maximum atomic E-state index is 13.5. The second-order valence-electron chi connectivity index (χ2n) is 31.3. The molecular formula is C102H122Br3Cl5F5K2N3O16. The fourth-order valence-electron chi connectivity index (χ4n) is 10.9. The Balaban J connectivity index is -0.00000156. The molecule has 34 heteroatoms. The van der Waals surface area contributed by atoms with Gasteiger partial charge in [0.25, 0.3) is 6.47 Å². The number of aryl methyl sites for hydroxylation is 3. The minimum Gasteiger partial charge on any atom is -1.00 e. The molecule has 1 fully saturated rings. The van der Waals surface area contributed by atoms with Crippen LogP contribution in [0.2, 0.25) is 20.1 Å². The topological polar surface area (TPSA) is 284 Å². The van der Waals surface area contributed by atoms with Crippen molar-refractivity contribution in [2.24, 2.45) is 16.9 Å². The number of amidine groups is 1. The number of alkyl halides is 1. The molecular weight excluding hydrogens is 2110 g/mol. The Labute approximate surface area is 935 Å². The van der Waals surface area contributed by atoms with E-state index in [9.17, 15) is 45.9 Å². The second-order valence-corrected chi connectivity index (χ2v) is 35.3. The summed E-state index contributed by atoms with van der Waals surface area (Å²) in [6.07, 6.45) is 9.76. The summed E-state index contributed by atoms with van der Waals surface area (Å²) in [5.74, 6) is -10.3. The van der Waals surface area contributed by atoms with Gasteiger partial charge in [-0.15, -0.1) is 12.4 Å². The Kier molecular flexibility index (Phi) is 71.1. The Bertz CT molecular complexity index is 5120. The maximum Gasteiger partial charge on any atom is 1.00 e. The number of hydrogen-bond acceptors (Lipinski definition) is 18. The monoisotopic (exact) mass is 2230 g/mol. The Morgan fingerprint density at radius 3 is 1.02 bits per heavy atom. The summed E-state index contributed by atoms with van der Waals surface area (Å²) < 4.78 is 110. The van der Waals surface area contributed by atoms with E-state index < -0.39 is 40.8 Å². The minimum atomic E-state index is -2.35. The number of carbonyl (C=O) groups excluding carboxylic acids is 6. The van der Waals surface area contributed by atoms with Crippen molar-refractivity contribution in [2.75, 3.05) is 38.3 Å². The van der Waals surface area contributed by atoms with Crippen LogP contribution in [0.3, 0.4) is 0 Å². The number of ether oxygens (including phenoxy) is 8. The van der Waals surface area contributed by atoms with Crippen molar-refractivity contribution >= 4 is 154 Å². The van der Waals surface area contributed by atoms with E-state index in [1.54, 1.807) is 68.4 Å². The van der Waals surface area contributed by atoms with Crippen LogP contribution in [-0.4, -0.2) is 104 Å². The first-order valence-electron chi connectivity index (χ1n) is 42.7. The standard InChI is InChI=1S/C23H27ClO3.C21H22BrClO3.C19H20BrClO2.C16H10ClF5O3.C8H10BrN.C5H12N2.C5H10O.C4H8O.CH2O3.ClH.2K.H/c1-5-26-17(4)19-11-9-18(10-12-19)7-6-8-22(25)20-13-14-23(21(24)15-20)27-16(2)3;1-14(2)26-21-11-10-17(12-18(21)23)19(24)5-3-4-15-6-8-16(9-7-15)20(25)13-22;1-13(2)23-19-11-8-15(12-17(19)21)18(22)5-3-4-14-6-9-16(20)10-7-14;1-6(2)24-9-4-3-7(5-8(9)17)16(23)25-15-13(21)11(19)10(18)12(20)14(15)22;9-8-3-1-7(2-4-8)5-6-10;1-5(2,3)4(6)7;1-4-6-5(2)3;1-2-4-5-3-1;2-1-4-3;;;;/h9-16H,4-8H2,1-3H3;6-12,14H,3-5,13H2,1-2H3;6-13H,3-5H2,1-2H3;3-6H,1-2H3;1-4H,5-6,10H2;1-3H3,(H3,6,7);2,4H2,1,3H3;1-4H2;1,3H;1H;;;/q;;;;;;;;;;2*+1;-1/p-1. The van der Waals surface area contributed by atoms with Crippen LogP contribution in [0.15, 0.2) is 198 Å². The molecule has 1 aliphatic rings. The number of allylic oxidation sites excluding steroid dienone is 1. The van der Waals surface area contributed by atoms with E-state index in [1.165, 1.54) is 35.6 Å². The van der Waals surface area contributed by atoms with Crippen molar-refractivity contribution < 1.29 is 203 Å². The van der Waals surface area contributed by atoms with Gasteiger partial charge in [0.1, 0.15) is 28.8 Å². The number of rotatable bonds is 35. The first-order valence-corrected chi connectivity index (χ1v) is 47.0. The van der Waals surface area contributed by atoms with Crippen LogP contribution in [0.5, 0.6) is 28.7 Å². The molecule has 0 saturated carbocycles. The van der Waals surface area contributed by atoms with Gasteiger partial charge in [-0.1, -0.05) is 201 Å². The predicted octanol–water partition coefficient (Wildman–Crippen LogP) is 21.6. The number of hydrogen-bond donors (Lipinski definition) is 3. The van der Waals surface area contributed by atoms with Gasteiger partial charge in [-0.3, -0.25) is 29.4 Å². The molecule has 0 amide bonds. The zero-order chi connectivity index (χ0) is 100. The minimum absolute atomic E-state index is 0. The molecule has 1 saturated heterocycles. The summed E-state index contributed by atoms with van der Waals surface area (Å²) >= 11 is 34.4. The average Bonchev–Trinajstić information content (AvgIpc) is 0.834. The molecule has 9 aromatic rings. The molecule has 0 aromatic heterocycles. The predicted molar refractivity (Wildman–Crippen MR) is 538 cm³/mol. The molecule has 136 heavy (non-hydrogen) atoms. The van der Waals surface area contributed by atoms with Crippen LogP contribution >= 0.6 is 107 Å². The van der Waals surface area contributed by atoms with Gasteiger partial charge in [0.15, 0.2) is 23.1 Å². The smallest absolute Gasteiger partial charge is 1.00 e. The summed E-state index contributed by atoms with van der Waals surface area (Å²) in [6.45, 7) is 37.9. The first kappa shape index (κ1) is 132. The molecule has 9 aromatic carbocycles. The second kappa shape index (κ2) is 73.2. The van der Waals surface area contributed by atoms with Crippen molar-refractivity contribution in [1.82, 2.24) is 0 Å². The molecule has 0 radical (unpaired) electrons. The van der Waals surface area contributed by atoms with Crippen molar-refractivity contribution in [3.05, 3.63) is 303 Å². The third-order valence-corrected chi connectivity index (χ3v) is 20.4. The number of nitrogens with two attached hydrogens (primary N) is 2. The number of halogens is 13. The molecule has 5 N–H and O–H groups in total. The van der Waals surface area contributed by atoms with Crippen molar-refractivity contribution in [2.45, 2.75) is 198 Å². The SMILES string of the molecule is C1CCOC1.C=C(C)OCC.C=C(OCC)c1ccc(CCCC(=O)c2ccc(OC(C)C)c(Cl)c2)cc1.CC(C)(C)C(=N)N.CC(C)Oc1ccc(C(=O)CCCc2ccc(Br)cc2)cc1Cl.CC(C)Oc1ccc(C(=O)CCCc2ccc(C(=O)CBr)cc2)cc1Cl.CC(C)Oc1ccc(C(=O)Oc2c(F)c(F)c(F)c(F)c2F)cc1Cl.Cl.NCCc1ccc(Br)cc1.O=CO[O-].[H-].[K+].[K+]. The summed E-state index contributed by atoms with van der Waals surface area (Å²) in [5, 5.41) is 17.1. The molecule has 1 heterocycles. The van der Waals surface area contributed by atoms with Gasteiger partial charge < -0.3 is 60.9 Å². The van der Waals surface area contributed by atoms with Crippen LogP contribution in [-0.2, 0) is 49.6 Å². The Morgan fingerprint density at radius 1 is 0.493 bits per heavy atom. The van der Waals surface area contributed by atoms with E-state index in [0.717, 1.165) is 109 Å². The third kappa shape index (κ3) is 54.3.